The third-order valence-corrected chi connectivity index (χ3v) is 5.67. The van der Waals surface area contributed by atoms with E-state index in [0.717, 1.165) is 25.9 Å². The van der Waals surface area contributed by atoms with Gasteiger partial charge in [-0.15, -0.1) is 0 Å². The number of amides is 1. The first-order chi connectivity index (χ1) is 16.3. The molecule has 4 aromatic rings. The minimum absolute atomic E-state index is 0.00441. The molecule has 0 aliphatic rings. The number of aryl methyl sites for hydroxylation is 1. The number of rotatable bonds is 6. The Morgan fingerprint density at radius 3 is 2.38 bits per heavy atom. The highest BCUT2D eigenvalue weighted by Crippen LogP contribution is 2.14. The van der Waals surface area contributed by atoms with Gasteiger partial charge in [0, 0.05) is 5.02 Å². The van der Waals surface area contributed by atoms with Crippen LogP contribution in [0.1, 0.15) is 40.1 Å². The second-order valence-electron chi connectivity index (χ2n) is 8.01. The number of nitrogens with one attached hydrogen (secondary N) is 1. The van der Waals surface area contributed by atoms with Crippen molar-refractivity contribution in [2.24, 2.45) is 0 Å². The Morgan fingerprint density at radius 1 is 1.00 bits per heavy atom. The van der Waals surface area contributed by atoms with Gasteiger partial charge in [0.25, 0.3) is 11.5 Å². The Balaban J connectivity index is 1.81. The molecule has 0 aliphatic heterocycles. The highest BCUT2D eigenvalue weighted by atomic mass is 35.5. The molecule has 3 aromatic carbocycles. The number of carbonyl (C=O) groups is 1. The Kier molecular flexibility index (Phi) is 6.75. The van der Waals surface area contributed by atoms with Crippen molar-refractivity contribution in [3.63, 3.8) is 0 Å². The summed E-state index contributed by atoms with van der Waals surface area (Å²) in [7, 11) is 0. The Labute approximate surface area is 201 Å². The van der Waals surface area contributed by atoms with Gasteiger partial charge in [0.15, 0.2) is 0 Å². The summed E-state index contributed by atoms with van der Waals surface area (Å²) < 4.78 is 2.05. The Morgan fingerprint density at radius 2 is 1.71 bits per heavy atom. The second kappa shape index (κ2) is 9.89. The van der Waals surface area contributed by atoms with Crippen LogP contribution < -0.4 is 16.6 Å². The minimum Gasteiger partial charge on any atom is -0.344 e. The van der Waals surface area contributed by atoms with E-state index in [0.29, 0.717) is 10.7 Å². The van der Waals surface area contributed by atoms with E-state index in [9.17, 15) is 14.4 Å². The van der Waals surface area contributed by atoms with Crippen LogP contribution in [0.5, 0.6) is 0 Å². The average molecular weight is 475 g/mol. The average Bonchev–Trinajstić information content (AvgIpc) is 2.83. The Bertz CT molecular complexity index is 1440. The zero-order chi connectivity index (χ0) is 24.2. The van der Waals surface area contributed by atoms with Crippen molar-refractivity contribution < 1.29 is 4.79 Å². The zero-order valence-electron chi connectivity index (χ0n) is 18.7. The molecule has 1 aromatic heterocycles. The van der Waals surface area contributed by atoms with Gasteiger partial charge in [-0.25, -0.2) is 4.79 Å². The van der Waals surface area contributed by atoms with Gasteiger partial charge in [-0.3, -0.25) is 14.2 Å². The molecule has 1 unspecified atom stereocenters. The van der Waals surface area contributed by atoms with Crippen molar-refractivity contribution in [2.45, 2.75) is 26.4 Å². The molecule has 0 aliphatic carbocycles. The standard InChI is InChI=1S/C26H23ClN4O3/c1-17-11-13-19(14-12-17)16-30-25(33)23(24(32)28-18(2)20-7-4-3-5-8-20)29-31(26(30)34)22-10-6-9-21(27)15-22/h3-15,18H,16H2,1-2H3,(H,28,32). The van der Waals surface area contributed by atoms with E-state index in [2.05, 4.69) is 10.4 Å². The van der Waals surface area contributed by atoms with Crippen LogP contribution in [0.2, 0.25) is 5.02 Å². The maximum Gasteiger partial charge on any atom is 0.352 e. The fourth-order valence-electron chi connectivity index (χ4n) is 3.54. The van der Waals surface area contributed by atoms with Crippen molar-refractivity contribution in [1.82, 2.24) is 19.7 Å². The molecular weight excluding hydrogens is 452 g/mol. The number of nitrogens with zero attached hydrogens (tertiary/aromatic N) is 3. The van der Waals surface area contributed by atoms with Crippen molar-refractivity contribution >= 4 is 17.5 Å². The molecule has 0 radical (unpaired) electrons. The molecule has 172 valence electrons. The van der Waals surface area contributed by atoms with Crippen LogP contribution in [0.3, 0.4) is 0 Å². The third kappa shape index (κ3) is 5.00. The predicted molar refractivity (Wildman–Crippen MR) is 132 cm³/mol. The first-order valence-electron chi connectivity index (χ1n) is 10.7. The summed E-state index contributed by atoms with van der Waals surface area (Å²) in [5.74, 6) is -0.671. The van der Waals surface area contributed by atoms with Gasteiger partial charge in [-0.2, -0.15) is 9.78 Å². The van der Waals surface area contributed by atoms with E-state index in [4.69, 9.17) is 11.6 Å². The molecule has 7 nitrogen and oxygen atoms in total. The minimum atomic E-state index is -0.762. The fourth-order valence-corrected chi connectivity index (χ4v) is 3.72. The summed E-state index contributed by atoms with van der Waals surface area (Å²) in [4.78, 5) is 39.7. The predicted octanol–water partition coefficient (Wildman–Crippen LogP) is 3.90. The first-order valence-corrected chi connectivity index (χ1v) is 11.1. The summed E-state index contributed by atoms with van der Waals surface area (Å²) >= 11 is 6.11. The molecular formula is C26H23ClN4O3. The van der Waals surface area contributed by atoms with E-state index < -0.39 is 17.2 Å². The zero-order valence-corrected chi connectivity index (χ0v) is 19.5. The molecule has 0 fully saturated rings. The second-order valence-corrected chi connectivity index (χ2v) is 8.44. The lowest BCUT2D eigenvalue weighted by Crippen LogP contribution is -2.46. The highest BCUT2D eigenvalue weighted by Gasteiger charge is 2.22. The van der Waals surface area contributed by atoms with Crippen LogP contribution in [0.4, 0.5) is 0 Å². The number of benzene rings is 3. The molecule has 1 atom stereocenters. The van der Waals surface area contributed by atoms with E-state index in [-0.39, 0.29) is 18.3 Å². The summed E-state index contributed by atoms with van der Waals surface area (Å²) in [6.45, 7) is 3.76. The van der Waals surface area contributed by atoms with E-state index >= 15 is 0 Å². The van der Waals surface area contributed by atoms with Crippen molar-refractivity contribution in [2.75, 3.05) is 0 Å². The molecule has 4 rings (SSSR count). The smallest absolute Gasteiger partial charge is 0.344 e. The molecule has 0 saturated heterocycles. The molecule has 1 N–H and O–H groups in total. The first kappa shape index (κ1) is 23.2. The summed E-state index contributed by atoms with van der Waals surface area (Å²) in [5.41, 5.74) is 1.21. The van der Waals surface area contributed by atoms with Gasteiger partial charge in [-0.1, -0.05) is 77.8 Å². The lowest BCUT2D eigenvalue weighted by Gasteiger charge is -2.16. The quantitative estimate of drug-likeness (QED) is 0.459. The van der Waals surface area contributed by atoms with Crippen LogP contribution in [-0.4, -0.2) is 20.3 Å². The van der Waals surface area contributed by atoms with E-state index in [1.54, 1.807) is 24.3 Å². The molecule has 0 spiro atoms. The molecule has 0 bridgehead atoms. The van der Waals surface area contributed by atoms with Crippen molar-refractivity contribution in [3.05, 3.63) is 127 Å². The number of carbonyl (C=O) groups excluding carboxylic acids is 1. The topological polar surface area (TPSA) is 86.0 Å². The number of aromatic nitrogens is 3. The number of hydrogen-bond acceptors (Lipinski definition) is 4. The number of hydrogen-bond donors (Lipinski definition) is 1. The number of halogens is 1. The van der Waals surface area contributed by atoms with Gasteiger partial charge in [0.1, 0.15) is 0 Å². The van der Waals surface area contributed by atoms with Crippen molar-refractivity contribution in [3.8, 4) is 5.69 Å². The van der Waals surface area contributed by atoms with Crippen LogP contribution in [-0.2, 0) is 6.54 Å². The molecule has 8 heteroatoms. The summed E-state index contributed by atoms with van der Waals surface area (Å²) in [6.07, 6.45) is 0. The lowest BCUT2D eigenvalue weighted by atomic mass is 10.1. The maximum absolute atomic E-state index is 13.3. The van der Waals surface area contributed by atoms with Gasteiger partial charge < -0.3 is 5.32 Å². The summed E-state index contributed by atoms with van der Waals surface area (Å²) in [6, 6.07) is 23.0. The van der Waals surface area contributed by atoms with E-state index in [1.807, 2.05) is 68.4 Å². The molecule has 0 saturated carbocycles. The molecule has 1 amide bonds. The fraction of sp³-hybridized carbons (Fsp3) is 0.154. The molecule has 34 heavy (non-hydrogen) atoms. The van der Waals surface area contributed by atoms with Gasteiger partial charge >= 0.3 is 5.69 Å². The molecule has 1 heterocycles. The summed E-state index contributed by atoms with van der Waals surface area (Å²) in [5, 5.41) is 7.35. The van der Waals surface area contributed by atoms with Crippen LogP contribution in [0, 0.1) is 6.92 Å². The van der Waals surface area contributed by atoms with Crippen LogP contribution in [0.25, 0.3) is 5.69 Å². The van der Waals surface area contributed by atoms with Crippen LogP contribution in [0.15, 0.2) is 88.5 Å². The van der Waals surface area contributed by atoms with Crippen LogP contribution >= 0.6 is 11.6 Å². The van der Waals surface area contributed by atoms with E-state index in [1.165, 1.54) is 0 Å². The lowest BCUT2D eigenvalue weighted by molar-refractivity contribution is 0.0930. The largest absolute Gasteiger partial charge is 0.352 e. The monoisotopic (exact) mass is 474 g/mol. The highest BCUT2D eigenvalue weighted by molar-refractivity contribution is 6.30. The normalized spacial score (nSPS) is 11.7. The van der Waals surface area contributed by atoms with Gasteiger partial charge in [0.2, 0.25) is 5.69 Å². The SMILES string of the molecule is Cc1ccc(Cn2c(=O)c(C(=O)NC(C)c3ccccc3)nn(-c3cccc(Cl)c3)c2=O)cc1. The van der Waals surface area contributed by atoms with Gasteiger partial charge in [0.05, 0.1) is 18.3 Å². The Hall–Kier alpha value is -3.97. The third-order valence-electron chi connectivity index (χ3n) is 5.44. The van der Waals surface area contributed by atoms with Crippen molar-refractivity contribution in [1.29, 1.82) is 0 Å². The maximum atomic E-state index is 13.3. The van der Waals surface area contributed by atoms with Gasteiger partial charge in [-0.05, 0) is 43.2 Å².